The highest BCUT2D eigenvalue weighted by atomic mass is 31.3. The van der Waals surface area contributed by atoms with E-state index in [0.29, 0.717) is 19.3 Å². The van der Waals surface area contributed by atoms with E-state index in [-0.39, 0.29) is 25.1 Å². The lowest BCUT2D eigenvalue weighted by atomic mass is 10.1. The summed E-state index contributed by atoms with van der Waals surface area (Å²) in [7, 11) is -11.0. The summed E-state index contributed by atoms with van der Waals surface area (Å²) in [6.45, 7) is 1.74. The molecule has 0 spiro atoms. The van der Waals surface area contributed by atoms with E-state index < -0.39 is 89.8 Å². The minimum Gasteiger partial charge on any atom is -0.462 e. The molecule has 1 fully saturated rings. The highest BCUT2D eigenvalue weighted by molar-refractivity contribution is 7.61. The van der Waals surface area contributed by atoms with Gasteiger partial charge in [-0.25, -0.2) is 13.9 Å². The van der Waals surface area contributed by atoms with Gasteiger partial charge < -0.3 is 45.1 Å². The highest BCUT2D eigenvalue weighted by Crippen LogP contribution is 2.60. The first-order valence-electron chi connectivity index (χ1n) is 26.0. The number of nitrogen functional groups attached to an aromatic ring is 1. The van der Waals surface area contributed by atoms with Crippen LogP contribution in [0, 0.1) is 0 Å². The quantitative estimate of drug-likeness (QED) is 0.0117. The van der Waals surface area contributed by atoms with Gasteiger partial charge in [0.05, 0.1) is 19.3 Å². The lowest BCUT2D eigenvalue weighted by Gasteiger charge is -2.21. The van der Waals surface area contributed by atoms with E-state index in [1.807, 2.05) is 24.3 Å². The van der Waals surface area contributed by atoms with Crippen LogP contribution in [0.25, 0.3) is 0 Å². The number of aliphatic hydroxyl groups excluding tert-OH is 3. The summed E-state index contributed by atoms with van der Waals surface area (Å²) < 4.78 is 56.5. The van der Waals surface area contributed by atoms with Crippen LogP contribution in [0.2, 0.25) is 0 Å². The van der Waals surface area contributed by atoms with E-state index in [1.165, 1.54) is 50.7 Å². The topological polar surface area (TPSA) is 286 Å². The molecule has 0 saturated carbocycles. The highest BCUT2D eigenvalue weighted by Gasteiger charge is 2.46. The Bertz CT molecular complexity index is 2200. The maximum atomic E-state index is 12.9. The van der Waals surface area contributed by atoms with Crippen LogP contribution in [-0.4, -0.2) is 96.9 Å². The number of rotatable bonds is 41. The molecule has 2 rings (SSSR count). The Morgan fingerprint density at radius 2 is 1.28 bits per heavy atom. The van der Waals surface area contributed by atoms with E-state index in [4.69, 9.17) is 29.0 Å². The van der Waals surface area contributed by atoms with Crippen molar-refractivity contribution in [1.29, 1.82) is 0 Å². The van der Waals surface area contributed by atoms with Crippen LogP contribution in [0.15, 0.2) is 126 Å². The van der Waals surface area contributed by atoms with E-state index in [0.717, 1.165) is 55.7 Å². The molecule has 1 aromatic heterocycles. The molecule has 2 heterocycles. The van der Waals surface area contributed by atoms with Crippen molar-refractivity contribution >= 4 is 33.4 Å². The number of ether oxygens (including phenoxy) is 3. The molecule has 0 aliphatic carbocycles. The zero-order valence-electron chi connectivity index (χ0n) is 43.7. The van der Waals surface area contributed by atoms with Gasteiger partial charge in [-0.3, -0.25) is 23.2 Å². The Morgan fingerprint density at radius 3 is 1.89 bits per heavy atom. The number of unbranched alkanes of at least 4 members (excludes halogenated alkanes) is 7. The molecule has 1 aromatic rings. The monoisotopic (exact) mass is 1090 g/mol. The fourth-order valence-electron chi connectivity index (χ4n) is 6.91. The van der Waals surface area contributed by atoms with Gasteiger partial charge in [-0.2, -0.15) is 9.29 Å². The molecular formula is C54H83N3O16P2. The molecular weight excluding hydrogens is 1010 g/mol. The number of hydrogen-bond donors (Lipinski definition) is 6. The number of phosphoric acid groups is 2. The second-order valence-corrected chi connectivity index (χ2v) is 20.5. The average molecular weight is 1090 g/mol. The lowest BCUT2D eigenvalue weighted by molar-refractivity contribution is -0.161. The molecule has 19 nitrogen and oxygen atoms in total. The summed E-state index contributed by atoms with van der Waals surface area (Å²) in [5, 5.41) is 31.4. The average Bonchev–Trinajstić information content (AvgIpc) is 3.65. The van der Waals surface area contributed by atoms with Gasteiger partial charge in [-0.05, 0) is 83.1 Å². The van der Waals surface area contributed by atoms with E-state index in [1.54, 1.807) is 12.2 Å². The lowest BCUT2D eigenvalue weighted by Crippen LogP contribution is -2.36. The van der Waals surface area contributed by atoms with Gasteiger partial charge in [0.1, 0.15) is 30.7 Å². The van der Waals surface area contributed by atoms with Crippen molar-refractivity contribution in [1.82, 2.24) is 9.55 Å². The number of nitrogens with two attached hydrogens (primary N) is 1. The number of aliphatic hydroxyl groups is 3. The number of hydrogen-bond acceptors (Lipinski definition) is 16. The summed E-state index contributed by atoms with van der Waals surface area (Å²) >= 11 is 0. The zero-order chi connectivity index (χ0) is 55.0. The molecule has 0 amide bonds. The molecule has 0 radical (unpaired) electrons. The molecule has 0 bridgehead atoms. The second-order valence-electron chi connectivity index (χ2n) is 17.5. The first kappa shape index (κ1) is 66.5. The second kappa shape index (κ2) is 40.6. The number of anilines is 1. The maximum Gasteiger partial charge on any atom is 0.481 e. The number of aromatic nitrogens is 2. The van der Waals surface area contributed by atoms with Crippen LogP contribution in [0.5, 0.6) is 0 Å². The van der Waals surface area contributed by atoms with E-state index in [2.05, 4.69) is 90.0 Å². The van der Waals surface area contributed by atoms with Crippen molar-refractivity contribution in [3.63, 3.8) is 0 Å². The molecule has 1 aliphatic heterocycles. The Balaban J connectivity index is 1.89. The molecule has 75 heavy (non-hydrogen) atoms. The van der Waals surface area contributed by atoms with Crippen LogP contribution in [0.3, 0.4) is 0 Å². The van der Waals surface area contributed by atoms with E-state index >= 15 is 0 Å². The molecule has 1 aliphatic rings. The molecule has 7 N–H and O–H groups in total. The summed E-state index contributed by atoms with van der Waals surface area (Å²) in [5.74, 6) is -1.67. The van der Waals surface area contributed by atoms with Gasteiger partial charge in [0.25, 0.3) is 0 Å². The molecule has 8 atom stereocenters. The third-order valence-electron chi connectivity index (χ3n) is 11.0. The predicted octanol–water partition coefficient (Wildman–Crippen LogP) is 9.97. The van der Waals surface area contributed by atoms with Gasteiger partial charge in [0.2, 0.25) is 0 Å². The van der Waals surface area contributed by atoms with Crippen LogP contribution >= 0.6 is 15.6 Å². The summed E-state index contributed by atoms with van der Waals surface area (Å²) in [5.41, 5.74) is 4.56. The van der Waals surface area contributed by atoms with Crippen LogP contribution < -0.4 is 11.4 Å². The number of carbonyl (C=O) groups is 2. The van der Waals surface area contributed by atoms with E-state index in [9.17, 15) is 48.6 Å². The molecule has 3 unspecified atom stereocenters. The number of esters is 2. The van der Waals surface area contributed by atoms with Gasteiger partial charge in [-0.15, -0.1) is 0 Å². The maximum absolute atomic E-state index is 12.9. The number of phosphoric ester groups is 2. The number of allylic oxidation sites excluding steroid dienone is 17. The standard InChI is InChI=1S/C54H83N3O16P2/c1-3-5-7-9-11-13-15-17-19-21-23-25-27-29-31-33-35-37-49(59)68-42-46(71-50(60)39-38-45(58)36-34-32-30-28-26-24-22-20-18-16-14-12-10-8-6-4-2)43-69-74(64,65)73-75(66,67)70-44-47-51(61)52(62)53(72-47)57-41-40-48(55)56-54(57)63/h6,8,12,14,17-20,23-26,29-32,34,36,40-41,45-47,51-53,58,61-62H,3-5,7,9-11,13,15-16,21-22,27-28,33,35,37-39,42-44H2,1-2H3,(H,64,65)(H,66,67)(H2,55,56,63)/b8-6-,14-12-,19-17-,20-18-,25-23-,26-24-,31-29-,32-30-,36-34-/t45?,46-,47-,51-,52-,53-/m1/s1. The number of nitrogens with zero attached hydrogens (tertiary/aromatic N) is 2. The molecule has 0 aromatic carbocycles. The first-order valence-corrected chi connectivity index (χ1v) is 29.0. The zero-order valence-corrected chi connectivity index (χ0v) is 45.4. The smallest absolute Gasteiger partial charge is 0.462 e. The Hall–Kier alpha value is -4.62. The van der Waals surface area contributed by atoms with Gasteiger partial charge >= 0.3 is 33.3 Å². The fourth-order valence-corrected chi connectivity index (χ4v) is 9.02. The molecule has 21 heteroatoms. The summed E-state index contributed by atoms with van der Waals surface area (Å²) in [6, 6.07) is 1.23. The summed E-state index contributed by atoms with van der Waals surface area (Å²) in [6.07, 6.45) is 43.6. The SMILES string of the molecule is CC/C=C\C/C=C\C/C=C\C/C=C\C/C=C\C=C/C(O)CCC(=O)O[C@H](COC(=O)CCC/C=C\C/C=C\C/C=C\CCCCCCCC)COP(=O)(O)OP(=O)(O)OC[C@H]1O[C@@H](n2ccc(N)nc2=O)[C@H](O)[C@@H]1O. The third kappa shape index (κ3) is 33.2. The summed E-state index contributed by atoms with van der Waals surface area (Å²) in [4.78, 5) is 61.9. The van der Waals surface area contributed by atoms with Crippen LogP contribution in [-0.2, 0) is 46.3 Å². The Kier molecular flexibility index (Phi) is 36.0. The minimum absolute atomic E-state index is 0.00105. The van der Waals surface area contributed by atoms with Crippen molar-refractivity contribution in [2.24, 2.45) is 0 Å². The first-order chi connectivity index (χ1) is 36.1. The third-order valence-corrected chi connectivity index (χ3v) is 13.6. The van der Waals surface area contributed by atoms with Gasteiger partial charge in [0.15, 0.2) is 12.3 Å². The molecule has 420 valence electrons. The van der Waals surface area contributed by atoms with Crippen molar-refractivity contribution < 1.29 is 71.4 Å². The minimum atomic E-state index is -5.50. The Labute approximate surface area is 443 Å². The van der Waals surface area contributed by atoms with Gasteiger partial charge in [0, 0.05) is 19.0 Å². The van der Waals surface area contributed by atoms with Crippen molar-refractivity contribution in [2.75, 3.05) is 25.6 Å². The Morgan fingerprint density at radius 1 is 0.720 bits per heavy atom. The van der Waals surface area contributed by atoms with Crippen LogP contribution in [0.1, 0.15) is 142 Å². The van der Waals surface area contributed by atoms with Crippen LogP contribution in [0.4, 0.5) is 5.82 Å². The normalized spacial score (nSPS) is 20.1. The van der Waals surface area contributed by atoms with Crippen molar-refractivity contribution in [3.05, 3.63) is 132 Å². The largest absolute Gasteiger partial charge is 0.481 e. The fraction of sp³-hybridized carbons (Fsp3) is 0.556. The van der Waals surface area contributed by atoms with Gasteiger partial charge in [-0.1, -0.05) is 155 Å². The van der Waals surface area contributed by atoms with Crippen molar-refractivity contribution in [2.45, 2.75) is 173 Å². The predicted molar refractivity (Wildman–Crippen MR) is 290 cm³/mol. The molecule has 1 saturated heterocycles. The van der Waals surface area contributed by atoms with Crippen molar-refractivity contribution in [3.8, 4) is 0 Å². The number of carbonyl (C=O) groups excluding carboxylic acids is 2.